The lowest BCUT2D eigenvalue weighted by molar-refractivity contribution is 0.0161. The minimum Gasteiger partial charge on any atom is -0.493 e. The van der Waals surface area contributed by atoms with Gasteiger partial charge in [-0.15, -0.1) is 0 Å². The van der Waals surface area contributed by atoms with Crippen LogP contribution >= 0.6 is 0 Å². The number of hydrogen-bond acceptors (Lipinski definition) is 7. The molecular formula is C19H24N4O5. The number of methoxy groups -OCH3 is 2. The van der Waals surface area contributed by atoms with E-state index in [0.29, 0.717) is 31.3 Å². The van der Waals surface area contributed by atoms with Gasteiger partial charge in [0, 0.05) is 25.7 Å². The number of carbonyl (C=O) groups excluding carboxylic acids is 1. The summed E-state index contributed by atoms with van der Waals surface area (Å²) in [6.07, 6.45) is 0. The van der Waals surface area contributed by atoms with E-state index in [2.05, 4.69) is 20.4 Å². The van der Waals surface area contributed by atoms with Crippen molar-refractivity contribution in [1.29, 1.82) is 0 Å². The van der Waals surface area contributed by atoms with E-state index in [0.717, 1.165) is 18.7 Å². The van der Waals surface area contributed by atoms with Gasteiger partial charge < -0.3 is 19.5 Å². The second-order valence-electron chi connectivity index (χ2n) is 6.30. The Balaban J connectivity index is 1.80. The highest BCUT2D eigenvalue weighted by Crippen LogP contribution is 2.32. The van der Waals surface area contributed by atoms with Crippen LogP contribution in [0, 0.1) is 0 Å². The van der Waals surface area contributed by atoms with Crippen LogP contribution in [-0.2, 0) is 4.74 Å². The highest BCUT2D eigenvalue weighted by atomic mass is 16.5. The number of H-pyrrole nitrogens is 1. The Morgan fingerprint density at radius 2 is 1.96 bits per heavy atom. The van der Waals surface area contributed by atoms with Crippen molar-refractivity contribution >= 4 is 5.91 Å². The van der Waals surface area contributed by atoms with Crippen molar-refractivity contribution in [1.82, 2.24) is 20.4 Å². The molecule has 0 aliphatic carbocycles. The minimum atomic E-state index is -0.354. The smallest absolute Gasteiger partial charge is 0.271 e. The molecule has 2 heterocycles. The Bertz CT molecular complexity index is 843. The lowest BCUT2D eigenvalue weighted by Crippen LogP contribution is -2.44. The highest BCUT2D eigenvalue weighted by Gasteiger charge is 2.24. The monoisotopic (exact) mass is 388 g/mol. The molecule has 150 valence electrons. The SMILES string of the molecule is COc1ccc(C(CNC(=O)c2ccc(=O)[nH]n2)N2CCOCC2)cc1OC. The molecule has 1 fully saturated rings. The standard InChI is InChI=1S/C19H24N4O5/c1-26-16-5-3-13(11-17(16)27-2)15(23-7-9-28-10-8-23)12-20-19(25)14-4-6-18(24)22-21-14/h3-6,11,15H,7-10,12H2,1-2H3,(H,20,25)(H,22,24). The van der Waals surface area contributed by atoms with Crippen LogP contribution in [0.2, 0.25) is 0 Å². The fourth-order valence-corrected chi connectivity index (χ4v) is 3.16. The van der Waals surface area contributed by atoms with Crippen LogP contribution < -0.4 is 20.3 Å². The number of morpholine rings is 1. The first-order valence-corrected chi connectivity index (χ1v) is 9.00. The number of hydrogen-bond donors (Lipinski definition) is 2. The van der Waals surface area contributed by atoms with Gasteiger partial charge in [0.05, 0.1) is 33.5 Å². The molecule has 0 saturated carbocycles. The summed E-state index contributed by atoms with van der Waals surface area (Å²) >= 11 is 0. The van der Waals surface area contributed by atoms with Gasteiger partial charge in [0.2, 0.25) is 0 Å². The third kappa shape index (κ3) is 4.68. The van der Waals surface area contributed by atoms with Gasteiger partial charge in [-0.25, -0.2) is 5.10 Å². The summed E-state index contributed by atoms with van der Waals surface area (Å²) in [5.74, 6) is 0.926. The largest absolute Gasteiger partial charge is 0.493 e. The van der Waals surface area contributed by atoms with Gasteiger partial charge in [0.25, 0.3) is 11.5 Å². The minimum absolute atomic E-state index is 0.0737. The Morgan fingerprint density at radius 1 is 1.21 bits per heavy atom. The zero-order valence-corrected chi connectivity index (χ0v) is 15.9. The molecule has 9 heteroatoms. The molecule has 0 bridgehead atoms. The van der Waals surface area contributed by atoms with Gasteiger partial charge in [-0.3, -0.25) is 14.5 Å². The van der Waals surface area contributed by atoms with E-state index in [1.807, 2.05) is 18.2 Å². The van der Waals surface area contributed by atoms with E-state index >= 15 is 0 Å². The summed E-state index contributed by atoms with van der Waals surface area (Å²) in [4.78, 5) is 25.8. The Labute approximate surface area is 162 Å². The molecule has 28 heavy (non-hydrogen) atoms. The number of carbonyl (C=O) groups is 1. The molecule has 2 aromatic rings. The fourth-order valence-electron chi connectivity index (χ4n) is 3.16. The quantitative estimate of drug-likeness (QED) is 0.715. The number of ether oxygens (including phenoxy) is 3. The molecule has 1 aliphatic rings. The number of benzene rings is 1. The first-order chi connectivity index (χ1) is 13.6. The molecule has 1 aromatic carbocycles. The number of aromatic amines is 1. The molecular weight excluding hydrogens is 364 g/mol. The maximum atomic E-state index is 12.4. The fraction of sp³-hybridized carbons (Fsp3) is 0.421. The lowest BCUT2D eigenvalue weighted by atomic mass is 10.0. The molecule has 0 spiro atoms. The van der Waals surface area contributed by atoms with E-state index in [-0.39, 0.29) is 23.2 Å². The molecule has 1 amide bonds. The van der Waals surface area contributed by atoms with E-state index in [1.54, 1.807) is 14.2 Å². The van der Waals surface area contributed by atoms with Crippen molar-refractivity contribution in [2.45, 2.75) is 6.04 Å². The van der Waals surface area contributed by atoms with Crippen LogP contribution in [0.15, 0.2) is 35.1 Å². The lowest BCUT2D eigenvalue weighted by Gasteiger charge is -2.35. The number of rotatable bonds is 7. The van der Waals surface area contributed by atoms with Gasteiger partial charge in [-0.2, -0.15) is 5.10 Å². The van der Waals surface area contributed by atoms with Crippen molar-refractivity contribution in [2.24, 2.45) is 0 Å². The second-order valence-corrected chi connectivity index (χ2v) is 6.30. The Kier molecular flexibility index (Phi) is 6.62. The molecule has 1 saturated heterocycles. The van der Waals surface area contributed by atoms with Crippen LogP contribution in [0.4, 0.5) is 0 Å². The predicted octanol–water partition coefficient (Wildman–Crippen LogP) is 0.590. The highest BCUT2D eigenvalue weighted by molar-refractivity contribution is 5.92. The summed E-state index contributed by atoms with van der Waals surface area (Å²) < 4.78 is 16.2. The van der Waals surface area contributed by atoms with Crippen molar-refractivity contribution in [3.8, 4) is 11.5 Å². The molecule has 1 unspecified atom stereocenters. The summed E-state index contributed by atoms with van der Waals surface area (Å²) in [7, 11) is 3.18. The van der Waals surface area contributed by atoms with Gasteiger partial charge in [-0.1, -0.05) is 6.07 Å². The second kappa shape index (κ2) is 9.34. The summed E-state index contributed by atoms with van der Waals surface area (Å²) in [5.41, 5.74) is 0.801. The maximum absolute atomic E-state index is 12.4. The van der Waals surface area contributed by atoms with Crippen LogP contribution in [-0.4, -0.2) is 68.1 Å². The Morgan fingerprint density at radius 3 is 2.61 bits per heavy atom. The molecule has 9 nitrogen and oxygen atoms in total. The molecule has 2 N–H and O–H groups in total. The third-order valence-electron chi connectivity index (χ3n) is 4.65. The number of aromatic nitrogens is 2. The summed E-state index contributed by atoms with van der Waals surface area (Å²) in [5, 5.41) is 8.94. The number of nitrogens with one attached hydrogen (secondary N) is 2. The van der Waals surface area contributed by atoms with Crippen molar-refractivity contribution in [3.63, 3.8) is 0 Å². The molecule has 0 radical (unpaired) electrons. The average Bonchev–Trinajstić information content (AvgIpc) is 2.74. The van der Waals surface area contributed by atoms with Gasteiger partial charge >= 0.3 is 0 Å². The summed E-state index contributed by atoms with van der Waals surface area (Å²) in [6, 6.07) is 8.34. The van der Waals surface area contributed by atoms with Crippen LogP contribution in [0.25, 0.3) is 0 Å². The maximum Gasteiger partial charge on any atom is 0.271 e. The van der Waals surface area contributed by atoms with Gasteiger partial charge in [0.15, 0.2) is 11.5 Å². The molecule has 1 atom stereocenters. The third-order valence-corrected chi connectivity index (χ3v) is 4.65. The van der Waals surface area contributed by atoms with Gasteiger partial charge in [-0.05, 0) is 23.8 Å². The average molecular weight is 388 g/mol. The molecule has 1 aromatic heterocycles. The first-order valence-electron chi connectivity index (χ1n) is 9.00. The van der Waals surface area contributed by atoms with Crippen LogP contribution in [0.3, 0.4) is 0 Å². The van der Waals surface area contributed by atoms with Gasteiger partial charge in [0.1, 0.15) is 5.69 Å². The molecule has 3 rings (SSSR count). The Hall–Kier alpha value is -2.91. The van der Waals surface area contributed by atoms with Crippen molar-refractivity contribution in [3.05, 3.63) is 51.9 Å². The van der Waals surface area contributed by atoms with Crippen molar-refractivity contribution < 1.29 is 19.0 Å². The summed E-state index contributed by atoms with van der Waals surface area (Å²) in [6.45, 7) is 3.16. The van der Waals surface area contributed by atoms with Crippen LogP contribution in [0.1, 0.15) is 22.1 Å². The van der Waals surface area contributed by atoms with E-state index in [4.69, 9.17) is 14.2 Å². The zero-order chi connectivity index (χ0) is 19.9. The molecule has 1 aliphatic heterocycles. The zero-order valence-electron chi connectivity index (χ0n) is 15.9. The normalized spacial score (nSPS) is 15.6. The predicted molar refractivity (Wildman–Crippen MR) is 102 cm³/mol. The topological polar surface area (TPSA) is 106 Å². The number of amides is 1. The van der Waals surface area contributed by atoms with E-state index in [1.165, 1.54) is 12.1 Å². The number of nitrogens with zero attached hydrogens (tertiary/aromatic N) is 2. The van der Waals surface area contributed by atoms with E-state index < -0.39 is 0 Å². The van der Waals surface area contributed by atoms with E-state index in [9.17, 15) is 9.59 Å². The van der Waals surface area contributed by atoms with Crippen molar-refractivity contribution in [2.75, 3.05) is 47.1 Å². The first kappa shape index (κ1) is 19.8. The van der Waals surface area contributed by atoms with Crippen LogP contribution in [0.5, 0.6) is 11.5 Å².